The molecule has 1 saturated heterocycles. The molecule has 1 amide bonds. The van der Waals surface area contributed by atoms with Gasteiger partial charge in [0.25, 0.3) is 10.0 Å². The van der Waals surface area contributed by atoms with Gasteiger partial charge in [0.05, 0.1) is 0 Å². The summed E-state index contributed by atoms with van der Waals surface area (Å²) in [5, 5.41) is 4.67. The molecule has 3 heterocycles. The van der Waals surface area contributed by atoms with Gasteiger partial charge < -0.3 is 10.2 Å². The quantitative estimate of drug-likeness (QED) is 0.625. The van der Waals surface area contributed by atoms with Crippen molar-refractivity contribution in [3.8, 4) is 0 Å². The van der Waals surface area contributed by atoms with E-state index in [-0.39, 0.29) is 10.1 Å². The van der Waals surface area contributed by atoms with Crippen LogP contribution >= 0.6 is 22.9 Å². The summed E-state index contributed by atoms with van der Waals surface area (Å²) < 4.78 is 29.5. The molecule has 3 aromatic rings. The Hall–Kier alpha value is -1.97. The second kappa shape index (κ2) is 7.62. The van der Waals surface area contributed by atoms with E-state index in [1.165, 1.54) is 22.5 Å². The first-order valence-corrected chi connectivity index (χ1v) is 12.4. The molecule has 6 nitrogen and oxygen atoms in total. The van der Waals surface area contributed by atoms with Crippen LogP contribution in [0.3, 0.4) is 0 Å². The minimum absolute atomic E-state index is 0.187. The first kappa shape index (κ1) is 20.0. The molecular formula is C21H20ClN3O3S2. The largest absolute Gasteiger partial charge is 0.312 e. The monoisotopic (exact) mass is 461 g/mol. The van der Waals surface area contributed by atoms with Gasteiger partial charge in [0.15, 0.2) is 0 Å². The number of carbonyl (C=O) groups is 1. The van der Waals surface area contributed by atoms with Crippen LogP contribution in [-0.2, 0) is 27.8 Å². The van der Waals surface area contributed by atoms with E-state index in [9.17, 15) is 13.2 Å². The Kier molecular flexibility index (Phi) is 5.07. The molecule has 2 N–H and O–H groups in total. The molecule has 0 aliphatic carbocycles. The van der Waals surface area contributed by atoms with Gasteiger partial charge in [-0.15, -0.1) is 11.3 Å². The maximum Gasteiger partial charge on any atom is 0.250 e. The normalized spacial score (nSPS) is 19.4. The molecule has 156 valence electrons. The molecule has 2 aromatic carbocycles. The van der Waals surface area contributed by atoms with E-state index in [1.807, 2.05) is 12.1 Å². The minimum Gasteiger partial charge on any atom is -0.312 e. The van der Waals surface area contributed by atoms with Crippen molar-refractivity contribution in [1.29, 1.82) is 0 Å². The number of amides is 1. The number of nitrogens with one attached hydrogen (secondary N) is 2. The predicted octanol–water partition coefficient (Wildman–Crippen LogP) is 3.28. The number of rotatable bonds is 4. The average Bonchev–Trinajstić information content (AvgIpc) is 3.31. The lowest BCUT2D eigenvalue weighted by atomic mass is 10.0. The smallest absolute Gasteiger partial charge is 0.250 e. The fourth-order valence-electron chi connectivity index (χ4n) is 4.04. The van der Waals surface area contributed by atoms with Crippen LogP contribution < -0.4 is 14.9 Å². The van der Waals surface area contributed by atoms with Gasteiger partial charge >= 0.3 is 0 Å². The highest BCUT2D eigenvalue weighted by Crippen LogP contribution is 2.32. The van der Waals surface area contributed by atoms with Crippen LogP contribution in [0, 0.1) is 0 Å². The third kappa shape index (κ3) is 3.63. The molecule has 1 unspecified atom stereocenters. The fraction of sp³-hybridized carbons (Fsp3) is 0.286. The first-order valence-electron chi connectivity index (χ1n) is 9.76. The number of sulfonamides is 1. The lowest BCUT2D eigenvalue weighted by molar-refractivity contribution is -0.118. The summed E-state index contributed by atoms with van der Waals surface area (Å²) in [4.78, 5) is 14.7. The van der Waals surface area contributed by atoms with Crippen molar-refractivity contribution in [3.05, 3.63) is 58.6 Å². The standard InChI is InChI=1S/C21H20ClN3O3S2/c22-16-2-4-19-15(9-16)11-20(29-19)30(27,28)24-18-6-8-25(21(18)26)17-3-1-14-12-23-7-5-13(14)10-17/h1-4,9-11,18,23-24H,5-8,12H2. The number of nitrogens with zero attached hydrogens (tertiary/aromatic N) is 1. The van der Waals surface area contributed by atoms with Gasteiger partial charge in [-0.05, 0) is 72.3 Å². The number of hydrogen-bond donors (Lipinski definition) is 2. The minimum atomic E-state index is -3.80. The number of hydrogen-bond acceptors (Lipinski definition) is 5. The summed E-state index contributed by atoms with van der Waals surface area (Å²) in [7, 11) is -3.80. The Morgan fingerprint density at radius 2 is 2.00 bits per heavy atom. The molecule has 1 atom stereocenters. The van der Waals surface area contributed by atoms with E-state index in [2.05, 4.69) is 16.1 Å². The third-order valence-electron chi connectivity index (χ3n) is 5.61. The zero-order valence-corrected chi connectivity index (χ0v) is 18.4. The summed E-state index contributed by atoms with van der Waals surface area (Å²) in [5.41, 5.74) is 3.32. The molecule has 2 aliphatic rings. The zero-order valence-electron chi connectivity index (χ0n) is 16.0. The fourth-order valence-corrected chi connectivity index (χ4v) is 6.84. The van der Waals surface area contributed by atoms with Crippen molar-refractivity contribution in [2.24, 2.45) is 0 Å². The van der Waals surface area contributed by atoms with Gasteiger partial charge in [-0.3, -0.25) is 4.79 Å². The molecule has 5 rings (SSSR count). The van der Waals surface area contributed by atoms with Crippen molar-refractivity contribution < 1.29 is 13.2 Å². The maximum atomic E-state index is 13.0. The van der Waals surface area contributed by atoms with Crippen LogP contribution in [-0.4, -0.2) is 33.5 Å². The highest BCUT2D eigenvalue weighted by Gasteiger charge is 2.36. The second-order valence-corrected chi connectivity index (χ2v) is 11.0. The topological polar surface area (TPSA) is 78.5 Å². The van der Waals surface area contributed by atoms with E-state index in [4.69, 9.17) is 11.6 Å². The highest BCUT2D eigenvalue weighted by atomic mass is 35.5. The number of halogens is 1. The Morgan fingerprint density at radius 3 is 2.87 bits per heavy atom. The predicted molar refractivity (Wildman–Crippen MR) is 120 cm³/mol. The lowest BCUT2D eigenvalue weighted by Gasteiger charge is -2.22. The number of fused-ring (bicyclic) bond motifs is 2. The van der Waals surface area contributed by atoms with E-state index >= 15 is 0 Å². The zero-order chi connectivity index (χ0) is 20.9. The molecule has 2 aliphatic heterocycles. The average molecular weight is 462 g/mol. The van der Waals surface area contributed by atoms with E-state index in [0.717, 1.165) is 35.3 Å². The summed E-state index contributed by atoms with van der Waals surface area (Å²) in [6.07, 6.45) is 1.37. The summed E-state index contributed by atoms with van der Waals surface area (Å²) >= 11 is 7.17. The van der Waals surface area contributed by atoms with Gasteiger partial charge in [0.1, 0.15) is 10.3 Å². The number of benzene rings is 2. The van der Waals surface area contributed by atoms with Crippen LogP contribution in [0.25, 0.3) is 10.1 Å². The van der Waals surface area contributed by atoms with Gasteiger partial charge in [-0.1, -0.05) is 17.7 Å². The molecule has 9 heteroatoms. The van der Waals surface area contributed by atoms with E-state index in [1.54, 1.807) is 29.2 Å². The van der Waals surface area contributed by atoms with Crippen molar-refractivity contribution in [2.75, 3.05) is 18.0 Å². The number of anilines is 1. The molecule has 30 heavy (non-hydrogen) atoms. The van der Waals surface area contributed by atoms with Crippen molar-refractivity contribution in [2.45, 2.75) is 29.6 Å². The van der Waals surface area contributed by atoms with Crippen LogP contribution in [0.5, 0.6) is 0 Å². The Balaban J connectivity index is 1.36. The summed E-state index contributed by atoms with van der Waals surface area (Å²) in [6, 6.07) is 12.2. The van der Waals surface area contributed by atoms with Crippen LogP contribution in [0.1, 0.15) is 17.5 Å². The molecule has 1 fully saturated rings. The summed E-state index contributed by atoms with van der Waals surface area (Å²) in [5.74, 6) is -0.211. The highest BCUT2D eigenvalue weighted by molar-refractivity contribution is 7.91. The molecule has 1 aromatic heterocycles. The molecular weight excluding hydrogens is 442 g/mol. The molecule has 0 radical (unpaired) electrons. The Morgan fingerprint density at radius 1 is 1.13 bits per heavy atom. The number of carbonyl (C=O) groups excluding carboxylic acids is 1. The van der Waals surface area contributed by atoms with Crippen LogP contribution in [0.2, 0.25) is 5.02 Å². The molecule has 0 bridgehead atoms. The third-order valence-corrected chi connectivity index (χ3v) is 8.91. The van der Waals surface area contributed by atoms with Crippen molar-refractivity contribution in [1.82, 2.24) is 10.0 Å². The van der Waals surface area contributed by atoms with Crippen LogP contribution in [0.15, 0.2) is 46.7 Å². The van der Waals surface area contributed by atoms with E-state index in [0.29, 0.717) is 18.0 Å². The van der Waals surface area contributed by atoms with Gasteiger partial charge in [-0.2, -0.15) is 4.72 Å². The molecule has 0 saturated carbocycles. The van der Waals surface area contributed by atoms with Gasteiger partial charge in [0, 0.05) is 28.5 Å². The van der Waals surface area contributed by atoms with E-state index < -0.39 is 16.1 Å². The number of thiophene rings is 1. The maximum absolute atomic E-state index is 13.0. The Labute approximate surface area is 183 Å². The van der Waals surface area contributed by atoms with Crippen molar-refractivity contribution in [3.63, 3.8) is 0 Å². The van der Waals surface area contributed by atoms with Crippen LogP contribution in [0.4, 0.5) is 5.69 Å². The Bertz CT molecular complexity index is 1260. The second-order valence-electron chi connectivity index (χ2n) is 7.58. The van der Waals surface area contributed by atoms with Crippen molar-refractivity contribution >= 4 is 54.6 Å². The SMILES string of the molecule is O=C1C(NS(=O)(=O)c2cc3cc(Cl)ccc3s2)CCN1c1ccc2c(c1)CCNC2. The van der Waals surface area contributed by atoms with Gasteiger partial charge in [0.2, 0.25) is 5.91 Å². The first-order chi connectivity index (χ1) is 14.4. The van der Waals surface area contributed by atoms with Gasteiger partial charge in [-0.25, -0.2) is 8.42 Å². The summed E-state index contributed by atoms with van der Waals surface area (Å²) in [6.45, 7) is 2.25. The molecule has 0 spiro atoms. The lowest BCUT2D eigenvalue weighted by Crippen LogP contribution is -2.41.